The highest BCUT2D eigenvalue weighted by molar-refractivity contribution is 5.66. The first-order valence-electron chi connectivity index (χ1n) is 10.1. The molecular formula is C21H38N2O2. The molecule has 0 radical (unpaired) electrons. The Morgan fingerprint density at radius 1 is 0.880 bits per heavy atom. The van der Waals surface area contributed by atoms with Gasteiger partial charge in [-0.2, -0.15) is 10.2 Å². The fourth-order valence-electron chi connectivity index (χ4n) is 2.51. The van der Waals surface area contributed by atoms with Crippen molar-refractivity contribution in [1.29, 1.82) is 0 Å². The van der Waals surface area contributed by atoms with Gasteiger partial charge in [0.2, 0.25) is 0 Å². The molecule has 0 aliphatic rings. The lowest BCUT2D eigenvalue weighted by Gasteiger charge is -2.00. The number of allylic oxidation sites excluding steroid dienone is 3. The second-order valence-electron chi connectivity index (χ2n) is 6.66. The zero-order valence-electron chi connectivity index (χ0n) is 16.2. The van der Waals surface area contributed by atoms with E-state index in [9.17, 15) is 4.79 Å². The molecule has 0 fully saturated rings. The number of hydrogen-bond acceptors (Lipinski definition) is 3. The van der Waals surface area contributed by atoms with Gasteiger partial charge in [-0.15, -0.1) is 0 Å². The molecule has 4 heteroatoms. The zero-order chi connectivity index (χ0) is 18.6. The molecule has 0 aromatic rings. The number of hydrogen-bond donors (Lipinski definition) is 1. The van der Waals surface area contributed by atoms with Crippen LogP contribution >= 0.6 is 0 Å². The molecule has 0 amide bonds. The van der Waals surface area contributed by atoms with Crippen molar-refractivity contribution in [3.05, 3.63) is 24.4 Å². The Labute approximate surface area is 154 Å². The topological polar surface area (TPSA) is 62.0 Å². The third kappa shape index (κ3) is 20.5. The van der Waals surface area contributed by atoms with Crippen LogP contribution < -0.4 is 0 Å². The first kappa shape index (κ1) is 23.5. The van der Waals surface area contributed by atoms with E-state index in [1.54, 1.807) is 0 Å². The van der Waals surface area contributed by atoms with Crippen LogP contribution in [0.2, 0.25) is 0 Å². The van der Waals surface area contributed by atoms with Crippen LogP contribution in [0.4, 0.5) is 0 Å². The molecule has 0 aromatic carbocycles. The number of rotatable bonds is 18. The van der Waals surface area contributed by atoms with Crippen LogP contribution in [0.5, 0.6) is 0 Å². The fraction of sp³-hybridized carbons (Fsp3) is 0.762. The standard InChI is InChI=1S/C21H38N2O2/c1-3-4-19-22-23-20(2)17-15-13-11-9-7-5-6-8-10-12-14-16-18-21(24)25/h9,11H,2-8,10,12-19H2,1H3,(H,24,25)/b11-9-,23-22?. The molecule has 0 spiro atoms. The molecule has 0 bridgehead atoms. The minimum atomic E-state index is -0.674. The minimum absolute atomic E-state index is 0.319. The lowest BCUT2D eigenvalue weighted by Crippen LogP contribution is -1.93. The highest BCUT2D eigenvalue weighted by atomic mass is 16.4. The molecule has 0 unspecified atom stereocenters. The molecule has 25 heavy (non-hydrogen) atoms. The maximum absolute atomic E-state index is 10.4. The SMILES string of the molecule is C=C(CCC/C=C\CCCCCCCCCC(=O)O)N=NCCCC. The molecule has 0 saturated carbocycles. The summed E-state index contributed by atoms with van der Waals surface area (Å²) in [5.41, 5.74) is 0.896. The number of unbranched alkanes of at least 4 members (excludes halogenated alkanes) is 9. The zero-order valence-corrected chi connectivity index (χ0v) is 16.2. The molecule has 0 heterocycles. The number of nitrogens with zero attached hydrogens (tertiary/aromatic N) is 2. The number of carboxylic acids is 1. The lowest BCUT2D eigenvalue weighted by atomic mass is 10.1. The van der Waals surface area contributed by atoms with Gasteiger partial charge >= 0.3 is 5.97 Å². The van der Waals surface area contributed by atoms with Crippen molar-refractivity contribution in [2.75, 3.05) is 6.54 Å². The van der Waals surface area contributed by atoms with Crippen LogP contribution in [-0.4, -0.2) is 17.6 Å². The van der Waals surface area contributed by atoms with Gasteiger partial charge in [0, 0.05) is 6.42 Å². The first-order valence-corrected chi connectivity index (χ1v) is 10.1. The Morgan fingerprint density at radius 3 is 2.12 bits per heavy atom. The van der Waals surface area contributed by atoms with E-state index < -0.39 is 5.97 Å². The second kappa shape index (κ2) is 18.9. The van der Waals surface area contributed by atoms with Crippen molar-refractivity contribution in [2.45, 2.75) is 96.8 Å². The summed E-state index contributed by atoms with van der Waals surface area (Å²) in [6.45, 7) is 6.91. The van der Waals surface area contributed by atoms with E-state index in [-0.39, 0.29) is 0 Å². The van der Waals surface area contributed by atoms with E-state index >= 15 is 0 Å². The van der Waals surface area contributed by atoms with Crippen LogP contribution in [-0.2, 0) is 4.79 Å². The Morgan fingerprint density at radius 2 is 1.48 bits per heavy atom. The van der Waals surface area contributed by atoms with E-state index in [1.807, 2.05) is 0 Å². The number of azo groups is 1. The van der Waals surface area contributed by atoms with Gasteiger partial charge in [0.05, 0.1) is 12.2 Å². The van der Waals surface area contributed by atoms with E-state index in [0.717, 1.165) is 63.6 Å². The Hall–Kier alpha value is -1.45. The number of aliphatic carboxylic acids is 1. The minimum Gasteiger partial charge on any atom is -0.481 e. The van der Waals surface area contributed by atoms with Gasteiger partial charge in [-0.1, -0.05) is 64.2 Å². The van der Waals surface area contributed by atoms with Crippen LogP contribution in [0.3, 0.4) is 0 Å². The number of carboxylic acid groups (broad SMARTS) is 1. The van der Waals surface area contributed by atoms with Crippen LogP contribution in [0.1, 0.15) is 96.8 Å². The fourth-order valence-corrected chi connectivity index (χ4v) is 2.51. The van der Waals surface area contributed by atoms with E-state index in [1.165, 1.54) is 32.1 Å². The molecular weight excluding hydrogens is 312 g/mol. The lowest BCUT2D eigenvalue weighted by molar-refractivity contribution is -0.137. The highest BCUT2D eigenvalue weighted by Crippen LogP contribution is 2.11. The van der Waals surface area contributed by atoms with Crippen molar-refractivity contribution in [2.24, 2.45) is 10.2 Å². The molecule has 0 aliphatic heterocycles. The molecule has 0 saturated heterocycles. The molecule has 1 N–H and O–H groups in total. The normalized spacial score (nSPS) is 11.6. The third-order valence-corrected chi connectivity index (χ3v) is 4.09. The van der Waals surface area contributed by atoms with Gasteiger partial charge in [-0.3, -0.25) is 4.79 Å². The summed E-state index contributed by atoms with van der Waals surface area (Å²) in [5.74, 6) is -0.674. The quantitative estimate of drug-likeness (QED) is 0.163. The smallest absolute Gasteiger partial charge is 0.303 e. The van der Waals surface area contributed by atoms with Gasteiger partial charge in [0.15, 0.2) is 0 Å². The maximum Gasteiger partial charge on any atom is 0.303 e. The monoisotopic (exact) mass is 350 g/mol. The summed E-state index contributed by atoms with van der Waals surface area (Å²) < 4.78 is 0. The molecule has 0 atom stereocenters. The molecule has 0 rings (SSSR count). The average Bonchev–Trinajstić information content (AvgIpc) is 2.58. The third-order valence-electron chi connectivity index (χ3n) is 4.09. The second-order valence-corrected chi connectivity index (χ2v) is 6.66. The largest absolute Gasteiger partial charge is 0.481 e. The summed E-state index contributed by atoms with van der Waals surface area (Å²) in [7, 11) is 0. The van der Waals surface area contributed by atoms with Crippen LogP contribution in [0, 0.1) is 0 Å². The molecule has 144 valence electrons. The van der Waals surface area contributed by atoms with Gasteiger partial charge < -0.3 is 5.11 Å². The van der Waals surface area contributed by atoms with Crippen molar-refractivity contribution in [3.63, 3.8) is 0 Å². The maximum atomic E-state index is 10.4. The molecule has 0 aromatic heterocycles. The van der Waals surface area contributed by atoms with Gasteiger partial charge in [-0.05, 0) is 44.9 Å². The number of carbonyl (C=O) groups is 1. The Bertz CT molecular complexity index is 389. The van der Waals surface area contributed by atoms with Crippen molar-refractivity contribution < 1.29 is 9.90 Å². The summed E-state index contributed by atoms with van der Waals surface area (Å²) in [4.78, 5) is 10.4. The van der Waals surface area contributed by atoms with Crippen molar-refractivity contribution in [3.8, 4) is 0 Å². The van der Waals surface area contributed by atoms with Gasteiger partial charge in [0.1, 0.15) is 0 Å². The summed E-state index contributed by atoms with van der Waals surface area (Å²) >= 11 is 0. The summed E-state index contributed by atoms with van der Waals surface area (Å²) in [5, 5.41) is 16.8. The van der Waals surface area contributed by atoms with E-state index in [2.05, 4.69) is 35.9 Å². The molecule has 0 aliphatic carbocycles. The predicted octanol–water partition coefficient (Wildman–Crippen LogP) is 7.07. The van der Waals surface area contributed by atoms with Crippen LogP contribution in [0.15, 0.2) is 34.7 Å². The average molecular weight is 351 g/mol. The van der Waals surface area contributed by atoms with Gasteiger partial charge in [0.25, 0.3) is 0 Å². The highest BCUT2D eigenvalue weighted by Gasteiger charge is 1.96. The van der Waals surface area contributed by atoms with E-state index in [4.69, 9.17) is 5.11 Å². The Balaban J connectivity index is 3.29. The summed E-state index contributed by atoms with van der Waals surface area (Å²) in [6.07, 6.45) is 19.5. The predicted molar refractivity (Wildman–Crippen MR) is 106 cm³/mol. The van der Waals surface area contributed by atoms with Gasteiger partial charge in [-0.25, -0.2) is 0 Å². The summed E-state index contributed by atoms with van der Waals surface area (Å²) in [6, 6.07) is 0. The van der Waals surface area contributed by atoms with Crippen molar-refractivity contribution >= 4 is 5.97 Å². The van der Waals surface area contributed by atoms with Crippen molar-refractivity contribution in [1.82, 2.24) is 0 Å². The Kier molecular flexibility index (Phi) is 17.8. The first-order chi connectivity index (χ1) is 12.2. The van der Waals surface area contributed by atoms with Crippen LogP contribution in [0.25, 0.3) is 0 Å². The molecule has 4 nitrogen and oxygen atoms in total. The van der Waals surface area contributed by atoms with E-state index in [0.29, 0.717) is 6.42 Å².